The zero-order chi connectivity index (χ0) is 19.3. The fraction of sp³-hybridized carbons (Fsp3) is 0.190. The van der Waals surface area contributed by atoms with Crippen molar-refractivity contribution in [1.82, 2.24) is 14.8 Å². The summed E-state index contributed by atoms with van der Waals surface area (Å²) in [5.41, 5.74) is 2.14. The molecule has 3 atom stereocenters. The number of nitrogens with zero attached hydrogens (tertiary/aromatic N) is 3. The number of halogens is 2. The van der Waals surface area contributed by atoms with Crippen LogP contribution in [0.2, 0.25) is 5.02 Å². The Morgan fingerprint density at radius 2 is 2.04 bits per heavy atom. The standard InChI is InChI=1S/C21H16ClFN4O/c22-14-5-3-4-12(8-14)13-9-17-19(18(28)10-13)20(15-6-1-2-7-16(15)23)27-21(26-17)24-11-25-27/h1-9,11,13,19-20H,10H2,(H,24,25,26)/t13-,19+,20+/m1/s1. The Balaban J connectivity index is 1.64. The number of hydrogen-bond acceptors (Lipinski definition) is 4. The molecule has 0 fully saturated rings. The molecule has 140 valence electrons. The third-order valence-electron chi connectivity index (χ3n) is 5.39. The molecule has 0 unspecified atom stereocenters. The van der Waals surface area contributed by atoms with Crippen molar-refractivity contribution < 1.29 is 9.18 Å². The van der Waals surface area contributed by atoms with E-state index in [1.165, 1.54) is 12.4 Å². The molecule has 1 N–H and O–H groups in total. The normalized spacial score (nSPS) is 23.4. The Kier molecular flexibility index (Phi) is 4.02. The monoisotopic (exact) mass is 394 g/mol. The van der Waals surface area contributed by atoms with Crippen molar-refractivity contribution in [1.29, 1.82) is 0 Å². The molecule has 2 aromatic carbocycles. The highest BCUT2D eigenvalue weighted by molar-refractivity contribution is 6.30. The second kappa shape index (κ2) is 6.56. The van der Waals surface area contributed by atoms with E-state index in [4.69, 9.17) is 11.6 Å². The Morgan fingerprint density at radius 3 is 2.86 bits per heavy atom. The Bertz CT molecular complexity index is 1110. The zero-order valence-electron chi connectivity index (χ0n) is 14.7. The van der Waals surface area contributed by atoms with Gasteiger partial charge in [0.25, 0.3) is 0 Å². The number of carbonyl (C=O) groups excluding carboxylic acids is 1. The predicted octanol–water partition coefficient (Wildman–Crippen LogP) is 4.34. The van der Waals surface area contributed by atoms with E-state index in [2.05, 4.69) is 15.4 Å². The van der Waals surface area contributed by atoms with Crippen LogP contribution in [0.25, 0.3) is 0 Å². The molecule has 0 saturated carbocycles. The highest BCUT2D eigenvalue weighted by atomic mass is 35.5. The van der Waals surface area contributed by atoms with E-state index in [9.17, 15) is 9.18 Å². The van der Waals surface area contributed by atoms with Crippen molar-refractivity contribution >= 4 is 23.3 Å². The zero-order valence-corrected chi connectivity index (χ0v) is 15.5. The average Bonchev–Trinajstić information content (AvgIpc) is 3.15. The smallest absolute Gasteiger partial charge is 0.226 e. The Labute approximate surface area is 165 Å². The largest absolute Gasteiger partial charge is 0.328 e. The van der Waals surface area contributed by atoms with E-state index in [-0.39, 0.29) is 17.5 Å². The molecule has 3 aromatic rings. The number of aromatic nitrogens is 3. The summed E-state index contributed by atoms with van der Waals surface area (Å²) in [6, 6.07) is 13.4. The van der Waals surface area contributed by atoms with Gasteiger partial charge in [0.2, 0.25) is 5.95 Å². The number of nitrogens with one attached hydrogen (secondary N) is 1. The van der Waals surface area contributed by atoms with Gasteiger partial charge in [-0.05, 0) is 23.8 Å². The molecular formula is C21H16ClFN4O. The minimum atomic E-state index is -0.570. The predicted molar refractivity (Wildman–Crippen MR) is 104 cm³/mol. The second-order valence-corrected chi connectivity index (χ2v) is 7.49. The third-order valence-corrected chi connectivity index (χ3v) is 5.63. The van der Waals surface area contributed by atoms with Crippen LogP contribution in [0.15, 0.2) is 66.6 Å². The first kappa shape index (κ1) is 17.1. The fourth-order valence-corrected chi connectivity index (χ4v) is 4.35. The van der Waals surface area contributed by atoms with Crippen molar-refractivity contribution in [2.24, 2.45) is 5.92 Å². The van der Waals surface area contributed by atoms with Gasteiger partial charge in [0.05, 0.1) is 12.0 Å². The van der Waals surface area contributed by atoms with Gasteiger partial charge in [-0.2, -0.15) is 10.1 Å². The van der Waals surface area contributed by atoms with Crippen LogP contribution in [0, 0.1) is 11.7 Å². The molecule has 0 radical (unpaired) electrons. The number of rotatable bonds is 2. The first-order chi connectivity index (χ1) is 13.6. The molecule has 0 amide bonds. The molecule has 5 rings (SSSR count). The lowest BCUT2D eigenvalue weighted by Crippen LogP contribution is -2.40. The first-order valence-corrected chi connectivity index (χ1v) is 9.40. The highest BCUT2D eigenvalue weighted by Gasteiger charge is 2.43. The summed E-state index contributed by atoms with van der Waals surface area (Å²) in [5.74, 6) is -0.470. The number of benzene rings is 2. The lowest BCUT2D eigenvalue weighted by molar-refractivity contribution is -0.123. The van der Waals surface area contributed by atoms with Gasteiger partial charge in [0.15, 0.2) is 0 Å². The molecule has 1 aliphatic heterocycles. The molecular weight excluding hydrogens is 379 g/mol. The highest BCUT2D eigenvalue weighted by Crippen LogP contribution is 2.44. The second-order valence-electron chi connectivity index (χ2n) is 7.05. The van der Waals surface area contributed by atoms with Crippen LogP contribution >= 0.6 is 11.6 Å². The van der Waals surface area contributed by atoms with Crippen LogP contribution in [0.4, 0.5) is 10.3 Å². The third kappa shape index (κ3) is 2.72. The van der Waals surface area contributed by atoms with Crippen LogP contribution in [-0.2, 0) is 4.79 Å². The summed E-state index contributed by atoms with van der Waals surface area (Å²) in [6.07, 6.45) is 3.77. The van der Waals surface area contributed by atoms with E-state index in [1.807, 2.05) is 24.3 Å². The summed E-state index contributed by atoms with van der Waals surface area (Å²) < 4.78 is 16.2. The molecule has 0 spiro atoms. The maximum absolute atomic E-state index is 14.6. The minimum absolute atomic E-state index is 0.0318. The van der Waals surface area contributed by atoms with Crippen molar-refractivity contribution in [3.8, 4) is 0 Å². The molecule has 7 heteroatoms. The van der Waals surface area contributed by atoms with E-state index < -0.39 is 12.0 Å². The van der Waals surface area contributed by atoms with Crippen LogP contribution in [0.3, 0.4) is 0 Å². The van der Waals surface area contributed by atoms with Crippen molar-refractivity contribution in [3.05, 3.63) is 88.6 Å². The Morgan fingerprint density at radius 1 is 1.18 bits per heavy atom. The number of fused-ring (bicyclic) bond motifs is 2. The Hall–Kier alpha value is -2.99. The first-order valence-electron chi connectivity index (χ1n) is 9.02. The summed E-state index contributed by atoms with van der Waals surface area (Å²) >= 11 is 6.13. The molecule has 2 heterocycles. The van der Waals surface area contributed by atoms with Crippen molar-refractivity contribution in [3.63, 3.8) is 0 Å². The lowest BCUT2D eigenvalue weighted by atomic mass is 9.75. The maximum Gasteiger partial charge on any atom is 0.226 e. The molecule has 0 saturated heterocycles. The summed E-state index contributed by atoms with van der Waals surface area (Å²) in [7, 11) is 0. The van der Waals surface area contributed by atoms with Gasteiger partial charge < -0.3 is 5.32 Å². The number of allylic oxidation sites excluding steroid dienone is 2. The van der Waals surface area contributed by atoms with Gasteiger partial charge in [0.1, 0.15) is 17.9 Å². The maximum atomic E-state index is 14.6. The summed E-state index contributed by atoms with van der Waals surface area (Å²) in [6.45, 7) is 0. The van der Waals surface area contributed by atoms with E-state index in [0.29, 0.717) is 23.0 Å². The van der Waals surface area contributed by atoms with Gasteiger partial charge in [-0.15, -0.1) is 0 Å². The van der Waals surface area contributed by atoms with Crippen molar-refractivity contribution in [2.75, 3.05) is 5.32 Å². The van der Waals surface area contributed by atoms with E-state index in [0.717, 1.165) is 11.3 Å². The fourth-order valence-electron chi connectivity index (χ4n) is 4.15. The van der Waals surface area contributed by atoms with Crippen LogP contribution in [-0.4, -0.2) is 20.5 Å². The van der Waals surface area contributed by atoms with Crippen molar-refractivity contribution in [2.45, 2.75) is 18.4 Å². The topological polar surface area (TPSA) is 59.8 Å². The van der Waals surface area contributed by atoms with Crippen LogP contribution < -0.4 is 5.32 Å². The molecule has 1 aliphatic carbocycles. The van der Waals surface area contributed by atoms with E-state index >= 15 is 0 Å². The number of hydrogen-bond donors (Lipinski definition) is 1. The van der Waals surface area contributed by atoms with Gasteiger partial charge in [-0.3, -0.25) is 4.79 Å². The molecule has 0 bridgehead atoms. The molecule has 1 aromatic heterocycles. The van der Waals surface area contributed by atoms with Gasteiger partial charge in [-0.1, -0.05) is 48.0 Å². The lowest BCUT2D eigenvalue weighted by Gasteiger charge is -2.38. The average molecular weight is 395 g/mol. The SMILES string of the molecule is O=C1C[C@H](c2cccc(Cl)c2)C=C2Nc3ncnn3[C@@H](c3ccccc3F)[C@H]12. The quantitative estimate of drug-likeness (QED) is 0.702. The van der Waals surface area contributed by atoms with E-state index in [1.54, 1.807) is 28.9 Å². The number of carbonyl (C=O) groups is 1. The van der Waals surface area contributed by atoms with Gasteiger partial charge in [0, 0.05) is 28.6 Å². The van der Waals surface area contributed by atoms with Gasteiger partial charge >= 0.3 is 0 Å². The van der Waals surface area contributed by atoms with Crippen LogP contribution in [0.5, 0.6) is 0 Å². The summed E-state index contributed by atoms with van der Waals surface area (Å²) in [5, 5.41) is 8.10. The van der Waals surface area contributed by atoms with Crippen LogP contribution in [0.1, 0.15) is 29.5 Å². The number of ketones is 1. The molecule has 5 nitrogen and oxygen atoms in total. The number of Topliss-reactive ketones (excluding diaryl/α,β-unsaturated/α-hetero) is 1. The number of anilines is 1. The molecule has 2 aliphatic rings. The van der Waals surface area contributed by atoms with Gasteiger partial charge in [-0.25, -0.2) is 9.07 Å². The molecule has 28 heavy (non-hydrogen) atoms. The summed E-state index contributed by atoms with van der Waals surface area (Å²) in [4.78, 5) is 17.5. The minimum Gasteiger partial charge on any atom is -0.328 e.